The molecule has 2 unspecified atom stereocenters. The summed E-state index contributed by atoms with van der Waals surface area (Å²) < 4.78 is 0. The fourth-order valence-corrected chi connectivity index (χ4v) is 3.46. The summed E-state index contributed by atoms with van der Waals surface area (Å²) in [5.41, 5.74) is 3.24. The van der Waals surface area contributed by atoms with E-state index in [1.54, 1.807) is 0 Å². The highest BCUT2D eigenvalue weighted by Crippen LogP contribution is 2.42. The van der Waals surface area contributed by atoms with E-state index in [1.807, 2.05) is 0 Å². The van der Waals surface area contributed by atoms with Gasteiger partial charge in [0.15, 0.2) is 0 Å². The summed E-state index contributed by atoms with van der Waals surface area (Å²) in [7, 11) is 0. The molecule has 1 aromatic rings. The second kappa shape index (κ2) is 4.82. The Morgan fingerprint density at radius 3 is 2.74 bits per heavy atom. The van der Waals surface area contributed by atoms with Gasteiger partial charge < -0.3 is 10.2 Å². The SMILES string of the molecule is CCc1ccccc1N1CC(C)(C2CC2)NCC1C. The molecule has 2 atom stereocenters. The van der Waals surface area contributed by atoms with Crippen LogP contribution >= 0.6 is 0 Å². The predicted molar refractivity (Wildman–Crippen MR) is 81.8 cm³/mol. The van der Waals surface area contributed by atoms with E-state index >= 15 is 0 Å². The molecule has 2 nitrogen and oxygen atoms in total. The predicted octanol–water partition coefficient (Wildman–Crippen LogP) is 3.22. The second-order valence-corrected chi connectivity index (χ2v) is 6.53. The molecule has 0 radical (unpaired) electrons. The number of anilines is 1. The number of para-hydroxylation sites is 1. The van der Waals surface area contributed by atoms with Crippen LogP contribution in [-0.4, -0.2) is 24.7 Å². The Hall–Kier alpha value is -1.02. The molecular formula is C17H26N2. The number of rotatable bonds is 3. The third kappa shape index (κ3) is 2.38. The summed E-state index contributed by atoms with van der Waals surface area (Å²) in [5, 5.41) is 3.80. The Labute approximate surface area is 117 Å². The number of aryl methyl sites for hydroxylation is 1. The zero-order chi connectivity index (χ0) is 13.5. The first-order chi connectivity index (χ1) is 9.14. The van der Waals surface area contributed by atoms with Crippen LogP contribution in [-0.2, 0) is 6.42 Å². The Bertz CT molecular complexity index is 452. The van der Waals surface area contributed by atoms with E-state index in [0.29, 0.717) is 11.6 Å². The molecule has 3 rings (SSSR count). The fraction of sp³-hybridized carbons (Fsp3) is 0.647. The van der Waals surface area contributed by atoms with Crippen molar-refractivity contribution >= 4 is 5.69 Å². The largest absolute Gasteiger partial charge is 0.365 e. The molecule has 1 heterocycles. The summed E-state index contributed by atoms with van der Waals surface area (Å²) in [6.07, 6.45) is 3.93. The summed E-state index contributed by atoms with van der Waals surface area (Å²) in [5.74, 6) is 0.885. The highest BCUT2D eigenvalue weighted by atomic mass is 15.3. The molecule has 1 aliphatic carbocycles. The van der Waals surface area contributed by atoms with Gasteiger partial charge in [-0.05, 0) is 50.7 Å². The molecule has 1 saturated heterocycles. The van der Waals surface area contributed by atoms with E-state index in [-0.39, 0.29) is 0 Å². The van der Waals surface area contributed by atoms with E-state index < -0.39 is 0 Å². The highest BCUT2D eigenvalue weighted by Gasteiger charge is 2.45. The summed E-state index contributed by atoms with van der Waals surface area (Å²) in [6, 6.07) is 9.50. The van der Waals surface area contributed by atoms with Crippen LogP contribution in [0.3, 0.4) is 0 Å². The second-order valence-electron chi connectivity index (χ2n) is 6.53. The van der Waals surface area contributed by atoms with Crippen LogP contribution < -0.4 is 10.2 Å². The standard InChI is InChI=1S/C17H26N2/c1-4-14-7-5-6-8-16(14)19-12-17(3,15-9-10-15)18-11-13(19)2/h5-8,13,15,18H,4,9-12H2,1-3H3. The molecule has 1 N–H and O–H groups in total. The number of hydrogen-bond acceptors (Lipinski definition) is 2. The lowest BCUT2D eigenvalue weighted by Gasteiger charge is -2.47. The molecule has 2 aliphatic rings. The first-order valence-corrected chi connectivity index (χ1v) is 7.73. The number of nitrogens with one attached hydrogen (secondary N) is 1. The van der Waals surface area contributed by atoms with Gasteiger partial charge in [-0.3, -0.25) is 0 Å². The molecule has 2 heteroatoms. The fourth-order valence-electron chi connectivity index (χ4n) is 3.46. The molecule has 1 aliphatic heterocycles. The van der Waals surface area contributed by atoms with Crippen molar-refractivity contribution in [2.75, 3.05) is 18.0 Å². The molecule has 0 bridgehead atoms. The summed E-state index contributed by atoms with van der Waals surface area (Å²) in [6.45, 7) is 9.26. The van der Waals surface area contributed by atoms with Gasteiger partial charge in [0, 0.05) is 30.4 Å². The van der Waals surface area contributed by atoms with Gasteiger partial charge in [0.25, 0.3) is 0 Å². The van der Waals surface area contributed by atoms with E-state index in [4.69, 9.17) is 0 Å². The smallest absolute Gasteiger partial charge is 0.0402 e. The molecule has 104 valence electrons. The number of benzene rings is 1. The van der Waals surface area contributed by atoms with Crippen molar-refractivity contribution in [3.63, 3.8) is 0 Å². The van der Waals surface area contributed by atoms with E-state index in [2.05, 4.69) is 55.3 Å². The van der Waals surface area contributed by atoms with Crippen LogP contribution in [0.1, 0.15) is 39.2 Å². The zero-order valence-electron chi connectivity index (χ0n) is 12.4. The van der Waals surface area contributed by atoms with Crippen LogP contribution in [0, 0.1) is 5.92 Å². The van der Waals surface area contributed by atoms with Crippen molar-refractivity contribution in [1.82, 2.24) is 5.32 Å². The van der Waals surface area contributed by atoms with Crippen molar-refractivity contribution in [3.8, 4) is 0 Å². The number of piperazine rings is 1. The molecule has 1 saturated carbocycles. The monoisotopic (exact) mass is 258 g/mol. The third-order valence-corrected chi connectivity index (χ3v) is 4.99. The molecule has 0 spiro atoms. The minimum atomic E-state index is 0.313. The van der Waals surface area contributed by atoms with E-state index in [0.717, 1.165) is 25.4 Å². The lowest BCUT2D eigenvalue weighted by Crippen LogP contribution is -2.63. The maximum Gasteiger partial charge on any atom is 0.0402 e. The quantitative estimate of drug-likeness (QED) is 0.895. The maximum absolute atomic E-state index is 3.80. The van der Waals surface area contributed by atoms with Crippen LogP contribution in [0.15, 0.2) is 24.3 Å². The first-order valence-electron chi connectivity index (χ1n) is 7.73. The number of hydrogen-bond donors (Lipinski definition) is 1. The van der Waals surface area contributed by atoms with Gasteiger partial charge in [-0.25, -0.2) is 0 Å². The van der Waals surface area contributed by atoms with Gasteiger partial charge in [-0.15, -0.1) is 0 Å². The Balaban J connectivity index is 1.88. The van der Waals surface area contributed by atoms with Crippen molar-refractivity contribution in [3.05, 3.63) is 29.8 Å². The molecule has 19 heavy (non-hydrogen) atoms. The van der Waals surface area contributed by atoms with Crippen molar-refractivity contribution in [2.24, 2.45) is 5.92 Å². The van der Waals surface area contributed by atoms with Gasteiger partial charge in [-0.2, -0.15) is 0 Å². The van der Waals surface area contributed by atoms with Gasteiger partial charge in [0.05, 0.1) is 0 Å². The highest BCUT2D eigenvalue weighted by molar-refractivity contribution is 5.55. The van der Waals surface area contributed by atoms with Gasteiger partial charge in [0.2, 0.25) is 0 Å². The molecule has 0 aromatic heterocycles. The Kier molecular flexibility index (Phi) is 3.30. The van der Waals surface area contributed by atoms with Crippen LogP contribution in [0.4, 0.5) is 5.69 Å². The lowest BCUT2D eigenvalue weighted by atomic mass is 9.90. The van der Waals surface area contributed by atoms with Crippen molar-refractivity contribution in [2.45, 2.75) is 51.6 Å². The average molecular weight is 258 g/mol. The van der Waals surface area contributed by atoms with Gasteiger partial charge in [0.1, 0.15) is 0 Å². The summed E-state index contributed by atoms with van der Waals surface area (Å²) >= 11 is 0. The topological polar surface area (TPSA) is 15.3 Å². The Morgan fingerprint density at radius 1 is 1.32 bits per heavy atom. The van der Waals surface area contributed by atoms with Crippen LogP contribution in [0.2, 0.25) is 0 Å². The van der Waals surface area contributed by atoms with Crippen LogP contribution in [0.25, 0.3) is 0 Å². The van der Waals surface area contributed by atoms with Gasteiger partial charge in [-0.1, -0.05) is 25.1 Å². The van der Waals surface area contributed by atoms with Gasteiger partial charge >= 0.3 is 0 Å². The molecule has 1 aromatic carbocycles. The maximum atomic E-state index is 3.80. The van der Waals surface area contributed by atoms with E-state index in [1.165, 1.54) is 24.1 Å². The molecule has 0 amide bonds. The molecule has 2 fully saturated rings. The number of nitrogens with zero attached hydrogens (tertiary/aromatic N) is 1. The summed E-state index contributed by atoms with van der Waals surface area (Å²) in [4.78, 5) is 2.63. The lowest BCUT2D eigenvalue weighted by molar-refractivity contribution is 0.260. The van der Waals surface area contributed by atoms with Crippen LogP contribution in [0.5, 0.6) is 0 Å². The van der Waals surface area contributed by atoms with Crippen molar-refractivity contribution < 1.29 is 0 Å². The third-order valence-electron chi connectivity index (χ3n) is 4.99. The van der Waals surface area contributed by atoms with E-state index in [9.17, 15) is 0 Å². The Morgan fingerprint density at radius 2 is 2.05 bits per heavy atom. The first kappa shape index (κ1) is 13.0. The van der Waals surface area contributed by atoms with Crippen molar-refractivity contribution in [1.29, 1.82) is 0 Å². The average Bonchev–Trinajstić information content (AvgIpc) is 3.27. The minimum Gasteiger partial charge on any atom is -0.365 e. The zero-order valence-corrected chi connectivity index (χ0v) is 12.4. The normalized spacial score (nSPS) is 31.5. The minimum absolute atomic E-state index is 0.313. The molecular weight excluding hydrogens is 232 g/mol.